The van der Waals surface area contributed by atoms with E-state index in [0.29, 0.717) is 51.3 Å². The second-order valence-electron chi connectivity index (χ2n) is 12.3. The predicted octanol–water partition coefficient (Wildman–Crippen LogP) is 8.90. The number of aryl methyl sites for hydroxylation is 3. The van der Waals surface area contributed by atoms with Gasteiger partial charge in [-0.15, -0.1) is 5.10 Å². The second kappa shape index (κ2) is 14.4. The van der Waals surface area contributed by atoms with Crippen LogP contribution >= 0.6 is 23.4 Å². The zero-order valence-corrected chi connectivity index (χ0v) is 29.1. The Labute approximate surface area is 285 Å². The van der Waals surface area contributed by atoms with Gasteiger partial charge >= 0.3 is 5.97 Å². The number of benzene rings is 3. The van der Waals surface area contributed by atoms with E-state index in [0.717, 1.165) is 42.4 Å². The number of carbonyl (C=O) groups is 1. The molecule has 2 heterocycles. The molecule has 1 saturated carbocycles. The lowest BCUT2D eigenvalue weighted by Crippen LogP contribution is -2.32. The molecule has 1 aromatic heterocycles. The Morgan fingerprint density at radius 2 is 1.72 bits per heavy atom. The van der Waals surface area contributed by atoms with Gasteiger partial charge in [-0.25, -0.2) is 9.48 Å². The van der Waals surface area contributed by atoms with Crippen LogP contribution in [0.4, 0.5) is 5.95 Å². The Kier molecular flexibility index (Phi) is 10.1. The number of fused-ring (bicyclic) bond motifs is 1. The molecule has 1 N–H and O–H groups in total. The highest BCUT2D eigenvalue weighted by Gasteiger charge is 2.37. The molecule has 6 rings (SSSR count). The maximum Gasteiger partial charge on any atom is 0.338 e. The minimum atomic E-state index is -0.588. The first-order chi connectivity index (χ1) is 22.7. The lowest BCUT2D eigenvalue weighted by molar-refractivity contribution is -0.146. The number of halogens is 1. The van der Waals surface area contributed by atoms with E-state index in [9.17, 15) is 4.79 Å². The van der Waals surface area contributed by atoms with Gasteiger partial charge in [-0.3, -0.25) is 0 Å². The number of hydrogen-bond donors (Lipinski definition) is 1. The molecule has 3 aromatic carbocycles. The summed E-state index contributed by atoms with van der Waals surface area (Å²) in [5, 5.41) is 9.49. The topological polar surface area (TPSA) is 87.5 Å². The van der Waals surface area contributed by atoms with Crippen LogP contribution < -0.4 is 14.8 Å². The fourth-order valence-electron chi connectivity index (χ4n) is 6.23. The van der Waals surface area contributed by atoms with Gasteiger partial charge in [0, 0.05) is 16.5 Å². The third kappa shape index (κ3) is 7.31. The summed E-state index contributed by atoms with van der Waals surface area (Å²) in [7, 11) is 1.62. The summed E-state index contributed by atoms with van der Waals surface area (Å²) in [6.07, 6.45) is 4.99. The van der Waals surface area contributed by atoms with Crippen LogP contribution in [0.1, 0.15) is 78.5 Å². The van der Waals surface area contributed by atoms with Crippen molar-refractivity contribution >= 4 is 35.3 Å². The van der Waals surface area contributed by atoms with Crippen molar-refractivity contribution in [3.63, 3.8) is 0 Å². The summed E-state index contributed by atoms with van der Waals surface area (Å²) in [5.74, 6) is 1.99. The smallest absolute Gasteiger partial charge is 0.338 e. The Morgan fingerprint density at radius 1 is 0.957 bits per heavy atom. The lowest BCUT2D eigenvalue weighted by Gasteiger charge is -2.30. The fraction of sp³-hybridized carbons (Fsp3) is 0.378. The lowest BCUT2D eigenvalue weighted by atomic mass is 9.94. The molecule has 8 nitrogen and oxygen atoms in total. The zero-order chi connectivity index (χ0) is 33.1. The number of carbonyl (C=O) groups excluding carboxylic acids is 1. The van der Waals surface area contributed by atoms with Crippen LogP contribution in [0.2, 0.25) is 5.02 Å². The SMILES string of the molecule is COc1cc(C2C(C(=O)OC3CCCCC3)=C(C)Nc3nc(SCc4ccccc4Cl)nn32)ccc1OCc1cc(C)c(C)cc1C. The van der Waals surface area contributed by atoms with Crippen molar-refractivity contribution < 1.29 is 19.0 Å². The first-order valence-electron chi connectivity index (χ1n) is 16.1. The Bertz CT molecular complexity index is 1810. The van der Waals surface area contributed by atoms with E-state index in [1.54, 1.807) is 11.8 Å². The van der Waals surface area contributed by atoms with Crippen molar-refractivity contribution in [2.75, 3.05) is 12.4 Å². The number of methoxy groups -OCH3 is 1. The molecular formula is C37H41ClN4O4S. The molecule has 1 aliphatic carbocycles. The summed E-state index contributed by atoms with van der Waals surface area (Å²) < 4.78 is 20.0. The Morgan fingerprint density at radius 3 is 2.49 bits per heavy atom. The number of esters is 1. The third-order valence-corrected chi connectivity index (χ3v) is 10.3. The minimum absolute atomic E-state index is 0.0877. The van der Waals surface area contributed by atoms with E-state index >= 15 is 0 Å². The van der Waals surface area contributed by atoms with Crippen molar-refractivity contribution in [1.82, 2.24) is 14.8 Å². The number of thioether (sulfide) groups is 1. The molecule has 1 fully saturated rings. The average molecular weight is 673 g/mol. The van der Waals surface area contributed by atoms with Crippen molar-refractivity contribution in [2.45, 2.75) is 89.5 Å². The first kappa shape index (κ1) is 33.0. The number of nitrogens with zero attached hydrogens (tertiary/aromatic N) is 3. The molecule has 246 valence electrons. The molecule has 4 aromatic rings. The fourth-order valence-corrected chi connectivity index (χ4v) is 7.34. The van der Waals surface area contributed by atoms with Gasteiger partial charge in [0.2, 0.25) is 11.1 Å². The molecule has 0 spiro atoms. The maximum atomic E-state index is 13.9. The van der Waals surface area contributed by atoms with Gasteiger partial charge in [-0.05, 0) is 105 Å². The maximum absolute atomic E-state index is 13.9. The number of ether oxygens (including phenoxy) is 3. The number of rotatable bonds is 10. The van der Waals surface area contributed by atoms with E-state index in [-0.39, 0.29) is 12.1 Å². The van der Waals surface area contributed by atoms with Crippen molar-refractivity contribution in [2.24, 2.45) is 0 Å². The monoisotopic (exact) mass is 672 g/mol. The molecule has 1 aliphatic heterocycles. The van der Waals surface area contributed by atoms with Gasteiger partial charge in [-0.1, -0.05) is 66.2 Å². The van der Waals surface area contributed by atoms with Gasteiger partial charge in [0.05, 0.1) is 12.7 Å². The van der Waals surface area contributed by atoms with Gasteiger partial charge < -0.3 is 19.5 Å². The standard InChI is InChI=1S/C37H41ClN4O4S/c1-22-17-24(3)28(18-23(22)2)20-45-31-16-15-26(19-32(31)44-5)34-33(35(43)46-29-12-7-6-8-13-29)25(4)39-36-40-37(41-42(34)36)47-21-27-11-9-10-14-30(27)38/h9-11,14-19,29,34H,6-8,12-13,20-21H2,1-5H3,(H,39,40,41). The van der Waals surface area contributed by atoms with Crippen LogP contribution in [-0.2, 0) is 21.9 Å². The summed E-state index contributed by atoms with van der Waals surface area (Å²) in [4.78, 5) is 18.7. The van der Waals surface area contributed by atoms with E-state index in [1.165, 1.54) is 34.9 Å². The number of aromatic nitrogens is 3. The second-order valence-corrected chi connectivity index (χ2v) is 13.7. The highest BCUT2D eigenvalue weighted by molar-refractivity contribution is 7.98. The van der Waals surface area contributed by atoms with Crippen LogP contribution in [0, 0.1) is 20.8 Å². The van der Waals surface area contributed by atoms with Crippen LogP contribution in [0.5, 0.6) is 11.5 Å². The number of hydrogen-bond acceptors (Lipinski definition) is 8. The van der Waals surface area contributed by atoms with Crippen LogP contribution in [-0.4, -0.2) is 33.9 Å². The summed E-state index contributed by atoms with van der Waals surface area (Å²) in [6.45, 7) is 8.62. The highest BCUT2D eigenvalue weighted by atomic mass is 35.5. The molecule has 1 atom stereocenters. The summed E-state index contributed by atoms with van der Waals surface area (Å²) >= 11 is 7.90. The van der Waals surface area contributed by atoms with Gasteiger partial charge in [0.25, 0.3) is 0 Å². The zero-order valence-electron chi connectivity index (χ0n) is 27.6. The molecule has 0 radical (unpaired) electrons. The molecule has 2 aliphatic rings. The Hall–Kier alpha value is -3.95. The highest BCUT2D eigenvalue weighted by Crippen LogP contribution is 2.41. The normalized spacial score (nSPS) is 16.4. The molecular weight excluding hydrogens is 632 g/mol. The molecule has 0 bridgehead atoms. The molecule has 10 heteroatoms. The van der Waals surface area contributed by atoms with Crippen LogP contribution in [0.25, 0.3) is 0 Å². The first-order valence-corrected chi connectivity index (χ1v) is 17.5. The predicted molar refractivity (Wildman–Crippen MR) is 186 cm³/mol. The number of allylic oxidation sites excluding steroid dienone is 1. The quantitative estimate of drug-likeness (QED) is 0.132. The third-order valence-electron chi connectivity index (χ3n) is 9.03. The average Bonchev–Trinajstić information content (AvgIpc) is 3.47. The molecule has 1 unspecified atom stereocenters. The van der Waals surface area contributed by atoms with E-state index in [2.05, 4.69) is 38.2 Å². The van der Waals surface area contributed by atoms with Crippen molar-refractivity contribution in [3.8, 4) is 11.5 Å². The molecule has 47 heavy (non-hydrogen) atoms. The Balaban J connectivity index is 1.32. The van der Waals surface area contributed by atoms with Gasteiger partial charge in [0.15, 0.2) is 11.5 Å². The van der Waals surface area contributed by atoms with Crippen molar-refractivity contribution in [1.29, 1.82) is 0 Å². The van der Waals surface area contributed by atoms with Gasteiger partial charge in [-0.2, -0.15) is 4.98 Å². The summed E-state index contributed by atoms with van der Waals surface area (Å²) in [6, 6.07) is 17.3. The minimum Gasteiger partial charge on any atom is -0.493 e. The van der Waals surface area contributed by atoms with Gasteiger partial charge in [0.1, 0.15) is 18.8 Å². The largest absolute Gasteiger partial charge is 0.493 e. The molecule has 0 saturated heterocycles. The van der Waals surface area contributed by atoms with E-state index in [4.69, 9.17) is 35.9 Å². The van der Waals surface area contributed by atoms with E-state index in [1.807, 2.05) is 49.4 Å². The number of nitrogens with one attached hydrogen (secondary N) is 1. The van der Waals surface area contributed by atoms with Crippen LogP contribution in [0.15, 0.2) is 71.0 Å². The van der Waals surface area contributed by atoms with E-state index < -0.39 is 6.04 Å². The van der Waals surface area contributed by atoms with Crippen molar-refractivity contribution in [3.05, 3.63) is 104 Å². The summed E-state index contributed by atoms with van der Waals surface area (Å²) in [5.41, 5.74) is 7.78. The molecule has 0 amide bonds. The number of anilines is 1. The van der Waals surface area contributed by atoms with Crippen LogP contribution in [0.3, 0.4) is 0 Å².